The van der Waals surface area contributed by atoms with Crippen LogP contribution in [-0.4, -0.2) is 34.4 Å². The molecular weight excluding hydrogens is 324 g/mol. The second-order valence-corrected chi connectivity index (χ2v) is 7.56. The van der Waals surface area contributed by atoms with E-state index in [2.05, 4.69) is 25.2 Å². The number of hydrogen-bond donors (Lipinski definition) is 1. The first kappa shape index (κ1) is 18.5. The zero-order valence-corrected chi connectivity index (χ0v) is 15.2. The van der Waals surface area contributed by atoms with E-state index in [-0.39, 0.29) is 43.5 Å². The number of carbonyl (C=O) groups excluding carboxylic acids is 3. The highest BCUT2D eigenvalue weighted by atomic mass is 32.2. The van der Waals surface area contributed by atoms with Crippen molar-refractivity contribution in [1.29, 1.82) is 0 Å². The summed E-state index contributed by atoms with van der Waals surface area (Å²) in [7, 11) is 0. The van der Waals surface area contributed by atoms with Crippen LogP contribution >= 0.6 is 11.8 Å². The fourth-order valence-corrected chi connectivity index (χ4v) is 3.49. The molecule has 1 N–H and O–H groups in total. The fourth-order valence-electron chi connectivity index (χ4n) is 2.46. The van der Waals surface area contributed by atoms with Gasteiger partial charge in [-0.15, -0.1) is 11.8 Å². The minimum Gasteiger partial charge on any atom is -0.326 e. The van der Waals surface area contributed by atoms with Crippen molar-refractivity contribution in [1.82, 2.24) is 4.90 Å². The van der Waals surface area contributed by atoms with E-state index in [9.17, 15) is 14.4 Å². The number of nitrogens with zero attached hydrogens (tertiary/aromatic N) is 1. The Bertz CT molecular complexity index is 629. The van der Waals surface area contributed by atoms with E-state index in [0.717, 1.165) is 17.7 Å². The van der Waals surface area contributed by atoms with Crippen LogP contribution in [0, 0.1) is 6.92 Å². The van der Waals surface area contributed by atoms with Gasteiger partial charge in [-0.05, 0) is 37.1 Å². The Morgan fingerprint density at radius 2 is 1.96 bits per heavy atom. The second kappa shape index (κ2) is 8.33. The Labute approximate surface area is 147 Å². The lowest BCUT2D eigenvalue weighted by molar-refractivity contribution is -0.138. The van der Waals surface area contributed by atoms with Crippen LogP contribution in [0.2, 0.25) is 0 Å². The van der Waals surface area contributed by atoms with Crippen LogP contribution in [0.15, 0.2) is 23.1 Å². The molecule has 1 fully saturated rings. The van der Waals surface area contributed by atoms with Crippen LogP contribution in [0.1, 0.15) is 45.1 Å². The minimum absolute atomic E-state index is 0.125. The van der Waals surface area contributed by atoms with Crippen molar-refractivity contribution in [2.24, 2.45) is 0 Å². The summed E-state index contributed by atoms with van der Waals surface area (Å²) in [5.41, 5.74) is 1.78. The summed E-state index contributed by atoms with van der Waals surface area (Å²) in [6, 6.07) is 5.98. The monoisotopic (exact) mass is 348 g/mol. The SMILES string of the molecule is CCC(C)Sc1ccc(NC(=O)CCN2C(=O)CCC2=O)c(C)c1. The van der Waals surface area contributed by atoms with Gasteiger partial charge in [-0.2, -0.15) is 0 Å². The fraction of sp³-hybridized carbons (Fsp3) is 0.500. The second-order valence-electron chi connectivity index (χ2n) is 6.05. The van der Waals surface area contributed by atoms with Gasteiger partial charge >= 0.3 is 0 Å². The van der Waals surface area contributed by atoms with Gasteiger partial charge in [0.2, 0.25) is 17.7 Å². The van der Waals surface area contributed by atoms with Crippen molar-refractivity contribution >= 4 is 35.2 Å². The molecule has 0 spiro atoms. The molecule has 0 bridgehead atoms. The average Bonchev–Trinajstić information content (AvgIpc) is 2.86. The molecule has 3 amide bonds. The molecule has 130 valence electrons. The van der Waals surface area contributed by atoms with E-state index in [1.165, 1.54) is 9.80 Å². The molecule has 1 saturated heterocycles. The Morgan fingerprint density at radius 3 is 2.54 bits per heavy atom. The minimum atomic E-state index is -0.187. The number of carbonyl (C=O) groups is 3. The lowest BCUT2D eigenvalue weighted by Gasteiger charge is -2.15. The van der Waals surface area contributed by atoms with E-state index in [4.69, 9.17) is 0 Å². The van der Waals surface area contributed by atoms with Gasteiger partial charge in [-0.1, -0.05) is 13.8 Å². The van der Waals surface area contributed by atoms with Crippen molar-refractivity contribution in [3.05, 3.63) is 23.8 Å². The van der Waals surface area contributed by atoms with E-state index in [1.807, 2.05) is 30.8 Å². The Morgan fingerprint density at radius 1 is 1.29 bits per heavy atom. The topological polar surface area (TPSA) is 66.5 Å². The molecule has 1 aromatic rings. The largest absolute Gasteiger partial charge is 0.326 e. The number of thioether (sulfide) groups is 1. The van der Waals surface area contributed by atoms with E-state index < -0.39 is 0 Å². The maximum Gasteiger partial charge on any atom is 0.229 e. The summed E-state index contributed by atoms with van der Waals surface area (Å²) < 4.78 is 0. The highest BCUT2D eigenvalue weighted by Crippen LogP contribution is 2.28. The maximum atomic E-state index is 12.1. The number of hydrogen-bond acceptors (Lipinski definition) is 4. The predicted octanol–water partition coefficient (Wildman–Crippen LogP) is 3.36. The molecule has 0 aromatic heterocycles. The highest BCUT2D eigenvalue weighted by molar-refractivity contribution is 7.99. The third-order valence-electron chi connectivity index (χ3n) is 4.10. The predicted molar refractivity (Wildman–Crippen MR) is 96.0 cm³/mol. The van der Waals surface area contributed by atoms with Gasteiger partial charge in [0.05, 0.1) is 0 Å². The Kier molecular flexibility index (Phi) is 6.43. The number of likely N-dealkylation sites (tertiary alicyclic amines) is 1. The van der Waals surface area contributed by atoms with Gasteiger partial charge in [-0.25, -0.2) is 0 Å². The van der Waals surface area contributed by atoms with Crippen LogP contribution in [0.4, 0.5) is 5.69 Å². The van der Waals surface area contributed by atoms with E-state index >= 15 is 0 Å². The number of nitrogens with one attached hydrogen (secondary N) is 1. The van der Waals surface area contributed by atoms with Crippen molar-refractivity contribution < 1.29 is 14.4 Å². The third kappa shape index (κ3) is 4.84. The first-order valence-electron chi connectivity index (χ1n) is 8.31. The molecular formula is C18H24N2O3S. The summed E-state index contributed by atoms with van der Waals surface area (Å²) in [6.45, 7) is 6.47. The smallest absolute Gasteiger partial charge is 0.229 e. The first-order valence-corrected chi connectivity index (χ1v) is 9.19. The zero-order chi connectivity index (χ0) is 17.7. The van der Waals surface area contributed by atoms with Gasteiger partial charge < -0.3 is 5.32 Å². The molecule has 0 saturated carbocycles. The summed E-state index contributed by atoms with van der Waals surface area (Å²) >= 11 is 1.82. The molecule has 2 rings (SSSR count). The lowest BCUT2D eigenvalue weighted by atomic mass is 10.2. The lowest BCUT2D eigenvalue weighted by Crippen LogP contribution is -2.32. The molecule has 1 aliphatic rings. The highest BCUT2D eigenvalue weighted by Gasteiger charge is 2.28. The number of amides is 3. The van der Waals surface area contributed by atoms with Gasteiger partial charge in [0, 0.05) is 41.6 Å². The standard InChI is InChI=1S/C18H24N2O3S/c1-4-13(3)24-14-5-6-15(12(2)11-14)19-16(21)9-10-20-17(22)7-8-18(20)23/h5-6,11,13H,4,7-10H2,1-3H3,(H,19,21). The van der Waals surface area contributed by atoms with Gasteiger partial charge in [0.15, 0.2) is 0 Å². The molecule has 6 heteroatoms. The zero-order valence-electron chi connectivity index (χ0n) is 14.4. The van der Waals surface area contributed by atoms with E-state index in [1.54, 1.807) is 0 Å². The van der Waals surface area contributed by atoms with E-state index in [0.29, 0.717) is 5.25 Å². The summed E-state index contributed by atoms with van der Waals surface area (Å²) in [6.07, 6.45) is 1.75. The average molecular weight is 348 g/mol. The summed E-state index contributed by atoms with van der Waals surface area (Å²) in [5.74, 6) is -0.557. The Balaban J connectivity index is 1.89. The number of rotatable bonds is 7. The number of benzene rings is 1. The Hall–Kier alpha value is -1.82. The quantitative estimate of drug-likeness (QED) is 0.606. The molecule has 0 radical (unpaired) electrons. The van der Waals surface area contributed by atoms with Crippen molar-refractivity contribution in [3.63, 3.8) is 0 Å². The van der Waals surface area contributed by atoms with Crippen LogP contribution in [0.3, 0.4) is 0 Å². The van der Waals surface area contributed by atoms with Gasteiger partial charge in [-0.3, -0.25) is 19.3 Å². The molecule has 0 aliphatic carbocycles. The summed E-state index contributed by atoms with van der Waals surface area (Å²) in [5, 5.41) is 3.42. The first-order chi connectivity index (χ1) is 11.4. The van der Waals surface area contributed by atoms with Crippen molar-refractivity contribution in [2.75, 3.05) is 11.9 Å². The summed E-state index contributed by atoms with van der Waals surface area (Å²) in [4.78, 5) is 37.5. The normalized spacial score (nSPS) is 15.7. The van der Waals surface area contributed by atoms with Crippen LogP contribution in [0.25, 0.3) is 0 Å². The molecule has 1 atom stereocenters. The number of aryl methyl sites for hydroxylation is 1. The van der Waals surface area contributed by atoms with Crippen molar-refractivity contribution in [3.8, 4) is 0 Å². The van der Waals surface area contributed by atoms with Gasteiger partial charge in [0.25, 0.3) is 0 Å². The number of imide groups is 1. The van der Waals surface area contributed by atoms with Crippen LogP contribution in [-0.2, 0) is 14.4 Å². The van der Waals surface area contributed by atoms with Crippen LogP contribution in [0.5, 0.6) is 0 Å². The third-order valence-corrected chi connectivity index (χ3v) is 5.36. The molecule has 5 nitrogen and oxygen atoms in total. The molecule has 1 aliphatic heterocycles. The molecule has 1 aromatic carbocycles. The number of anilines is 1. The molecule has 1 heterocycles. The van der Waals surface area contributed by atoms with Gasteiger partial charge in [0.1, 0.15) is 0 Å². The maximum absolute atomic E-state index is 12.1. The molecule has 1 unspecified atom stereocenters. The van der Waals surface area contributed by atoms with Crippen LogP contribution < -0.4 is 5.32 Å². The van der Waals surface area contributed by atoms with Crippen molar-refractivity contribution in [2.45, 2.75) is 56.6 Å². The molecule has 24 heavy (non-hydrogen) atoms.